The van der Waals surface area contributed by atoms with Gasteiger partial charge in [-0.05, 0) is 11.6 Å². The lowest BCUT2D eigenvalue weighted by Gasteiger charge is -2.37. The molecule has 0 unspecified atom stereocenters. The molecule has 2 nitrogen and oxygen atoms in total. The molecule has 0 spiro atoms. The first kappa shape index (κ1) is 10.2. The molecule has 1 aliphatic rings. The van der Waals surface area contributed by atoms with E-state index >= 15 is 0 Å². The van der Waals surface area contributed by atoms with Gasteiger partial charge in [0, 0.05) is 25.7 Å². The molecule has 1 aromatic carbocycles. The molecule has 1 aromatic rings. The SMILES string of the molecule is NC1CN(Cc2cccc(Cl)c2Cl)C1. The lowest BCUT2D eigenvalue weighted by Crippen LogP contribution is -2.54. The first-order valence-electron chi connectivity index (χ1n) is 4.57. The molecule has 1 aliphatic heterocycles. The first-order valence-corrected chi connectivity index (χ1v) is 5.33. The topological polar surface area (TPSA) is 29.3 Å². The number of hydrogen-bond donors (Lipinski definition) is 1. The fourth-order valence-corrected chi connectivity index (χ4v) is 2.03. The summed E-state index contributed by atoms with van der Waals surface area (Å²) >= 11 is 12.0. The number of rotatable bonds is 2. The van der Waals surface area contributed by atoms with Gasteiger partial charge in [-0.15, -0.1) is 0 Å². The molecule has 1 heterocycles. The van der Waals surface area contributed by atoms with Crippen LogP contribution in [0.15, 0.2) is 18.2 Å². The highest BCUT2D eigenvalue weighted by atomic mass is 35.5. The van der Waals surface area contributed by atoms with E-state index in [9.17, 15) is 0 Å². The van der Waals surface area contributed by atoms with Gasteiger partial charge in [0.25, 0.3) is 0 Å². The van der Waals surface area contributed by atoms with Gasteiger partial charge in [-0.25, -0.2) is 0 Å². The summed E-state index contributed by atoms with van der Waals surface area (Å²) in [5.41, 5.74) is 6.76. The van der Waals surface area contributed by atoms with Crippen molar-refractivity contribution in [1.29, 1.82) is 0 Å². The zero-order chi connectivity index (χ0) is 10.1. The van der Waals surface area contributed by atoms with Crippen molar-refractivity contribution in [2.45, 2.75) is 12.6 Å². The van der Waals surface area contributed by atoms with Gasteiger partial charge in [-0.3, -0.25) is 4.90 Å². The summed E-state index contributed by atoms with van der Waals surface area (Å²) in [6.45, 7) is 2.73. The lowest BCUT2D eigenvalue weighted by molar-refractivity contribution is 0.142. The van der Waals surface area contributed by atoms with E-state index < -0.39 is 0 Å². The van der Waals surface area contributed by atoms with Crippen molar-refractivity contribution in [3.63, 3.8) is 0 Å². The second-order valence-corrected chi connectivity index (χ2v) is 4.45. The van der Waals surface area contributed by atoms with Gasteiger partial charge in [0.15, 0.2) is 0 Å². The Balaban J connectivity index is 2.06. The Kier molecular flexibility index (Phi) is 2.98. The Morgan fingerprint density at radius 2 is 2.07 bits per heavy atom. The standard InChI is InChI=1S/C10H12Cl2N2/c11-9-3-1-2-7(10(9)12)4-14-5-8(13)6-14/h1-3,8H,4-6,13H2. The Morgan fingerprint density at radius 3 is 2.71 bits per heavy atom. The van der Waals surface area contributed by atoms with Crippen molar-refractivity contribution < 1.29 is 0 Å². The van der Waals surface area contributed by atoms with Crippen LogP contribution in [-0.2, 0) is 6.54 Å². The van der Waals surface area contributed by atoms with Gasteiger partial charge < -0.3 is 5.73 Å². The third kappa shape index (κ3) is 2.04. The number of halogens is 2. The number of nitrogens with two attached hydrogens (primary N) is 1. The van der Waals surface area contributed by atoms with Crippen LogP contribution < -0.4 is 5.73 Å². The minimum absolute atomic E-state index is 0.327. The average Bonchev–Trinajstić information content (AvgIpc) is 2.10. The van der Waals surface area contributed by atoms with Crippen LogP contribution in [0.1, 0.15) is 5.56 Å². The van der Waals surface area contributed by atoms with E-state index in [1.165, 1.54) is 0 Å². The Bertz CT molecular complexity index is 335. The molecule has 1 saturated heterocycles. The number of hydrogen-bond acceptors (Lipinski definition) is 2. The Hall–Kier alpha value is -0.280. The first-order chi connectivity index (χ1) is 6.66. The molecule has 76 valence electrons. The highest BCUT2D eigenvalue weighted by Crippen LogP contribution is 2.27. The van der Waals surface area contributed by atoms with E-state index in [4.69, 9.17) is 28.9 Å². The largest absolute Gasteiger partial charge is 0.325 e. The number of nitrogens with zero attached hydrogens (tertiary/aromatic N) is 1. The molecular formula is C10H12Cl2N2. The van der Waals surface area contributed by atoms with Crippen LogP contribution in [0.5, 0.6) is 0 Å². The zero-order valence-electron chi connectivity index (χ0n) is 7.71. The maximum atomic E-state index is 6.06. The molecule has 4 heteroatoms. The molecule has 0 saturated carbocycles. The predicted molar refractivity (Wildman–Crippen MR) is 59.7 cm³/mol. The van der Waals surface area contributed by atoms with Gasteiger partial charge in [0.05, 0.1) is 10.0 Å². The quantitative estimate of drug-likeness (QED) is 0.844. The van der Waals surface area contributed by atoms with Gasteiger partial charge in [0.2, 0.25) is 0 Å². The molecule has 0 radical (unpaired) electrons. The fourth-order valence-electron chi connectivity index (χ4n) is 1.65. The monoisotopic (exact) mass is 230 g/mol. The number of likely N-dealkylation sites (tertiary alicyclic amines) is 1. The highest BCUT2D eigenvalue weighted by Gasteiger charge is 2.23. The van der Waals surface area contributed by atoms with E-state index in [0.717, 1.165) is 25.2 Å². The van der Waals surface area contributed by atoms with E-state index in [1.807, 2.05) is 12.1 Å². The molecule has 0 atom stereocenters. The summed E-state index contributed by atoms with van der Waals surface area (Å²) in [4.78, 5) is 2.25. The molecule has 0 bridgehead atoms. The van der Waals surface area contributed by atoms with Crippen molar-refractivity contribution in [1.82, 2.24) is 4.90 Å². The summed E-state index contributed by atoms with van der Waals surface area (Å²) < 4.78 is 0. The van der Waals surface area contributed by atoms with Gasteiger partial charge >= 0.3 is 0 Å². The van der Waals surface area contributed by atoms with Crippen molar-refractivity contribution in [2.24, 2.45) is 5.73 Å². The molecular weight excluding hydrogens is 219 g/mol. The molecule has 2 N–H and O–H groups in total. The third-order valence-electron chi connectivity index (χ3n) is 2.41. The van der Waals surface area contributed by atoms with Crippen LogP contribution in [0.25, 0.3) is 0 Å². The second kappa shape index (κ2) is 4.07. The maximum Gasteiger partial charge on any atom is 0.0637 e. The molecule has 0 aromatic heterocycles. The smallest absolute Gasteiger partial charge is 0.0637 e. The van der Waals surface area contributed by atoms with Crippen LogP contribution in [0, 0.1) is 0 Å². The van der Waals surface area contributed by atoms with Crippen LogP contribution in [0.3, 0.4) is 0 Å². The van der Waals surface area contributed by atoms with E-state index in [1.54, 1.807) is 6.07 Å². The van der Waals surface area contributed by atoms with Gasteiger partial charge in [0.1, 0.15) is 0 Å². The van der Waals surface area contributed by atoms with Crippen molar-refractivity contribution >= 4 is 23.2 Å². The number of benzene rings is 1. The van der Waals surface area contributed by atoms with Crippen LogP contribution in [0.2, 0.25) is 10.0 Å². The van der Waals surface area contributed by atoms with Crippen LogP contribution in [0.4, 0.5) is 0 Å². The normalized spacial score (nSPS) is 18.2. The summed E-state index contributed by atoms with van der Waals surface area (Å²) in [6.07, 6.45) is 0. The minimum Gasteiger partial charge on any atom is -0.325 e. The van der Waals surface area contributed by atoms with Gasteiger partial charge in [-0.1, -0.05) is 35.3 Å². The zero-order valence-corrected chi connectivity index (χ0v) is 9.22. The lowest BCUT2D eigenvalue weighted by atomic mass is 10.1. The van der Waals surface area contributed by atoms with Crippen LogP contribution >= 0.6 is 23.2 Å². The highest BCUT2D eigenvalue weighted by molar-refractivity contribution is 6.42. The molecule has 2 rings (SSSR count). The average molecular weight is 231 g/mol. The van der Waals surface area contributed by atoms with Crippen molar-refractivity contribution in [2.75, 3.05) is 13.1 Å². The summed E-state index contributed by atoms with van der Waals surface area (Å²) in [6, 6.07) is 6.05. The summed E-state index contributed by atoms with van der Waals surface area (Å²) in [5.74, 6) is 0. The van der Waals surface area contributed by atoms with Gasteiger partial charge in [-0.2, -0.15) is 0 Å². The van der Waals surface area contributed by atoms with E-state index in [-0.39, 0.29) is 0 Å². The molecule has 0 amide bonds. The third-order valence-corrected chi connectivity index (χ3v) is 3.27. The van der Waals surface area contributed by atoms with E-state index in [0.29, 0.717) is 16.1 Å². The van der Waals surface area contributed by atoms with Crippen molar-refractivity contribution in [3.8, 4) is 0 Å². The predicted octanol–water partition coefficient (Wildman–Crippen LogP) is 2.14. The second-order valence-electron chi connectivity index (χ2n) is 3.67. The fraction of sp³-hybridized carbons (Fsp3) is 0.400. The summed E-state index contributed by atoms with van der Waals surface area (Å²) in [7, 11) is 0. The molecule has 1 fully saturated rings. The Labute approximate surface area is 93.6 Å². The maximum absolute atomic E-state index is 6.06. The van der Waals surface area contributed by atoms with Crippen molar-refractivity contribution in [3.05, 3.63) is 33.8 Å². The summed E-state index contributed by atoms with van der Waals surface area (Å²) in [5, 5.41) is 1.28. The Morgan fingerprint density at radius 1 is 1.36 bits per heavy atom. The van der Waals surface area contributed by atoms with E-state index in [2.05, 4.69) is 4.90 Å². The molecule has 0 aliphatic carbocycles. The van der Waals surface area contributed by atoms with Crippen LogP contribution in [-0.4, -0.2) is 24.0 Å². The minimum atomic E-state index is 0.327. The molecule has 14 heavy (non-hydrogen) atoms.